The maximum Gasteiger partial charge on any atom is 0.251 e. The molecule has 0 aliphatic heterocycles. The van der Waals surface area contributed by atoms with Gasteiger partial charge in [-0.3, -0.25) is 23.5 Å². The second-order valence-corrected chi connectivity index (χ2v) is 15.3. The molecule has 0 spiro atoms. The van der Waals surface area contributed by atoms with E-state index in [2.05, 4.69) is 26.6 Å². The lowest BCUT2D eigenvalue weighted by atomic mass is 10.0. The van der Waals surface area contributed by atoms with Crippen molar-refractivity contribution in [3.05, 3.63) is 87.4 Å². The molecule has 0 radical (unpaired) electrons. The van der Waals surface area contributed by atoms with Crippen LogP contribution in [0.25, 0.3) is 0 Å². The first kappa shape index (κ1) is 40.1. The van der Waals surface area contributed by atoms with Crippen LogP contribution in [0.5, 0.6) is 0 Å². The van der Waals surface area contributed by atoms with Gasteiger partial charge in [0.25, 0.3) is 11.8 Å². The summed E-state index contributed by atoms with van der Waals surface area (Å²) in [6.07, 6.45) is 1.42. The smallest absolute Gasteiger partial charge is 0.251 e. The van der Waals surface area contributed by atoms with E-state index in [-0.39, 0.29) is 41.1 Å². The molecular formula is C35H47FN6O6S2. The third-order valence-electron chi connectivity index (χ3n) is 8.08. The fourth-order valence-electron chi connectivity index (χ4n) is 5.01. The van der Waals surface area contributed by atoms with Gasteiger partial charge in [0.2, 0.25) is 21.8 Å². The fourth-order valence-corrected chi connectivity index (χ4v) is 6.18. The number of benzene rings is 2. The van der Waals surface area contributed by atoms with Gasteiger partial charge in [0.15, 0.2) is 0 Å². The van der Waals surface area contributed by atoms with E-state index in [4.69, 9.17) is 0 Å². The topological polar surface area (TPSA) is 166 Å². The Morgan fingerprint density at radius 2 is 1.50 bits per heavy atom. The lowest BCUT2D eigenvalue weighted by Gasteiger charge is -2.25. The zero-order valence-electron chi connectivity index (χ0n) is 29.4. The molecule has 1 aromatic heterocycles. The molecule has 0 aliphatic rings. The largest absolute Gasteiger partial charge is 0.355 e. The van der Waals surface area contributed by atoms with Gasteiger partial charge < -0.3 is 26.6 Å². The van der Waals surface area contributed by atoms with E-state index >= 15 is 0 Å². The molecule has 50 heavy (non-hydrogen) atoms. The van der Waals surface area contributed by atoms with Crippen LogP contribution >= 0.6 is 11.3 Å². The summed E-state index contributed by atoms with van der Waals surface area (Å²) >= 11 is 1.50. The van der Waals surface area contributed by atoms with Gasteiger partial charge in [-0.1, -0.05) is 26.0 Å². The van der Waals surface area contributed by atoms with Crippen LogP contribution in [0.2, 0.25) is 0 Å². The molecule has 2 aromatic carbocycles. The minimum Gasteiger partial charge on any atom is -0.355 e. The Morgan fingerprint density at radius 3 is 2.04 bits per heavy atom. The average molecular weight is 731 g/mol. The zero-order valence-corrected chi connectivity index (χ0v) is 31.0. The third kappa shape index (κ3) is 11.6. The first-order chi connectivity index (χ1) is 23.5. The normalized spacial score (nSPS) is 13.9. The number of carbonyl (C=O) groups excluding carboxylic acids is 4. The van der Waals surface area contributed by atoms with Crippen molar-refractivity contribution in [2.75, 3.05) is 30.7 Å². The lowest BCUT2D eigenvalue weighted by Crippen LogP contribution is -2.55. The minimum atomic E-state index is -3.75. The Labute approximate surface area is 297 Å². The summed E-state index contributed by atoms with van der Waals surface area (Å²) in [5, 5.41) is 18.3. The summed E-state index contributed by atoms with van der Waals surface area (Å²) in [5.41, 5.74) is 1.79. The van der Waals surface area contributed by atoms with E-state index in [1.807, 2.05) is 30.7 Å². The molecule has 0 aliphatic carbocycles. The summed E-state index contributed by atoms with van der Waals surface area (Å²) in [4.78, 5) is 52.8. The summed E-state index contributed by atoms with van der Waals surface area (Å²) in [5.74, 6) is -2.34. The number of carbonyl (C=O) groups is 4. The summed E-state index contributed by atoms with van der Waals surface area (Å²) in [6.45, 7) is 9.48. The number of amides is 4. The Hall–Kier alpha value is -4.34. The van der Waals surface area contributed by atoms with Crippen molar-refractivity contribution in [3.8, 4) is 0 Å². The van der Waals surface area contributed by atoms with Gasteiger partial charge in [0, 0.05) is 37.3 Å². The average Bonchev–Trinajstić information content (AvgIpc) is 3.58. The first-order valence-corrected chi connectivity index (χ1v) is 19.1. The number of sulfonamides is 1. The van der Waals surface area contributed by atoms with E-state index in [1.54, 1.807) is 32.9 Å². The number of hydrogen-bond acceptors (Lipinski definition) is 8. The van der Waals surface area contributed by atoms with Crippen LogP contribution in [-0.4, -0.2) is 76.6 Å². The number of anilines is 1. The highest BCUT2D eigenvalue weighted by Crippen LogP contribution is 2.22. The summed E-state index contributed by atoms with van der Waals surface area (Å²) < 4.78 is 39.3. The predicted octanol–water partition coefficient (Wildman–Crippen LogP) is 3.37. The molecule has 15 heteroatoms. The Morgan fingerprint density at radius 1 is 0.880 bits per heavy atom. The molecule has 3 rings (SSSR count). The van der Waals surface area contributed by atoms with Crippen molar-refractivity contribution in [2.24, 2.45) is 5.92 Å². The van der Waals surface area contributed by atoms with Crippen molar-refractivity contribution < 1.29 is 32.0 Å². The van der Waals surface area contributed by atoms with Crippen LogP contribution in [-0.2, 0) is 26.0 Å². The number of hydrogen-bond donors (Lipinski definition) is 5. The number of likely N-dealkylation sites (N-methyl/N-ethyl adjacent to an activating group) is 1. The molecule has 4 atom stereocenters. The van der Waals surface area contributed by atoms with Crippen LogP contribution in [0.15, 0.2) is 59.3 Å². The highest BCUT2D eigenvalue weighted by molar-refractivity contribution is 7.92. The van der Waals surface area contributed by atoms with Crippen molar-refractivity contribution in [2.45, 2.75) is 65.2 Å². The van der Waals surface area contributed by atoms with Gasteiger partial charge >= 0.3 is 0 Å². The Kier molecular flexibility index (Phi) is 14.5. The predicted molar refractivity (Wildman–Crippen MR) is 194 cm³/mol. The maximum absolute atomic E-state index is 13.8. The number of nitrogens with zero attached hydrogens (tertiary/aromatic N) is 1. The van der Waals surface area contributed by atoms with Gasteiger partial charge in [-0.25, -0.2) is 12.8 Å². The van der Waals surface area contributed by atoms with Gasteiger partial charge in [-0.05, 0) is 91.4 Å². The molecule has 5 N–H and O–H groups in total. The highest BCUT2D eigenvalue weighted by Gasteiger charge is 2.27. The lowest BCUT2D eigenvalue weighted by molar-refractivity contribution is -0.130. The molecule has 0 unspecified atom stereocenters. The maximum atomic E-state index is 13.8. The number of nitrogens with one attached hydrogen (secondary N) is 5. The highest BCUT2D eigenvalue weighted by atomic mass is 32.2. The number of halogens is 1. The number of thiophene rings is 1. The standard InChI is InChI=1S/C35H47FN6O6S2/c1-8-37-35(46)31(21(2)3)41-32(43)23(5)38-19-29(15-24-13-14-49-20-24)40-34(45)27-16-26(17-30(18-27)42(6)50(7,47)48)33(44)39-22(4)25-9-11-28(36)12-10-25/h9-14,16-18,20-23,29,31,38H,8,15,19H2,1-7H3,(H,37,46)(H,39,44)(H,40,45)(H,41,43)/t22-,23+,29+,31+/m1/s1. The van der Waals surface area contributed by atoms with Gasteiger partial charge in [-0.2, -0.15) is 11.3 Å². The van der Waals surface area contributed by atoms with Crippen LogP contribution in [0, 0.1) is 11.7 Å². The van der Waals surface area contributed by atoms with Crippen molar-refractivity contribution in [1.29, 1.82) is 0 Å². The number of rotatable bonds is 17. The molecule has 0 saturated heterocycles. The van der Waals surface area contributed by atoms with Crippen LogP contribution in [0.3, 0.4) is 0 Å². The van der Waals surface area contributed by atoms with Gasteiger partial charge in [0.1, 0.15) is 11.9 Å². The Balaban J connectivity index is 1.84. The monoisotopic (exact) mass is 730 g/mol. The van der Waals surface area contributed by atoms with E-state index < -0.39 is 51.8 Å². The molecule has 4 amide bonds. The van der Waals surface area contributed by atoms with Gasteiger partial charge in [0.05, 0.1) is 24.0 Å². The van der Waals surface area contributed by atoms with Crippen molar-refractivity contribution in [3.63, 3.8) is 0 Å². The molecule has 1 heterocycles. The first-order valence-electron chi connectivity index (χ1n) is 16.3. The van der Waals surface area contributed by atoms with Crippen LogP contribution < -0.4 is 30.9 Å². The quantitative estimate of drug-likeness (QED) is 0.142. The second-order valence-electron chi connectivity index (χ2n) is 12.5. The molecule has 272 valence electrons. The fraction of sp³-hybridized carbons (Fsp3) is 0.429. The van der Waals surface area contributed by atoms with E-state index in [0.717, 1.165) is 16.1 Å². The van der Waals surface area contributed by atoms with E-state index in [1.165, 1.54) is 48.7 Å². The third-order valence-corrected chi connectivity index (χ3v) is 10.0. The molecule has 12 nitrogen and oxygen atoms in total. The molecular weight excluding hydrogens is 684 g/mol. The second kappa shape index (κ2) is 18.1. The molecule has 0 bridgehead atoms. The van der Waals surface area contributed by atoms with Crippen LogP contribution in [0.4, 0.5) is 10.1 Å². The summed E-state index contributed by atoms with van der Waals surface area (Å²) in [6, 6.07) is 9.25. The van der Waals surface area contributed by atoms with Gasteiger partial charge in [-0.15, -0.1) is 0 Å². The SMILES string of the molecule is CCNC(=O)[C@@H](NC(=O)[C@H](C)NC[C@H](Cc1ccsc1)NC(=O)c1cc(C(=O)N[C@H](C)c2ccc(F)cc2)cc(N(C)S(C)(=O)=O)c1)C(C)C. The van der Waals surface area contributed by atoms with Crippen molar-refractivity contribution in [1.82, 2.24) is 26.6 Å². The van der Waals surface area contributed by atoms with Crippen molar-refractivity contribution >= 4 is 50.7 Å². The molecule has 0 saturated carbocycles. The zero-order chi connectivity index (χ0) is 37.2. The summed E-state index contributed by atoms with van der Waals surface area (Å²) in [7, 11) is -2.43. The Bertz CT molecular complexity index is 1730. The molecule has 3 aromatic rings. The van der Waals surface area contributed by atoms with Crippen LogP contribution in [0.1, 0.15) is 72.5 Å². The van der Waals surface area contributed by atoms with E-state index in [9.17, 15) is 32.0 Å². The molecule has 0 fully saturated rings. The van der Waals surface area contributed by atoms with E-state index in [0.29, 0.717) is 18.5 Å². The minimum absolute atomic E-state index is 0.0420.